The lowest BCUT2D eigenvalue weighted by molar-refractivity contribution is -0.122. The summed E-state index contributed by atoms with van der Waals surface area (Å²) in [5, 5.41) is 3.41. The molecule has 0 saturated heterocycles. The van der Waals surface area contributed by atoms with E-state index < -0.39 is 10.0 Å². The van der Waals surface area contributed by atoms with Crippen LogP contribution in [-0.2, 0) is 14.8 Å². The molecule has 2 rings (SSSR count). The van der Waals surface area contributed by atoms with E-state index in [4.69, 9.17) is 23.2 Å². The summed E-state index contributed by atoms with van der Waals surface area (Å²) in [6.07, 6.45) is 2.91. The van der Waals surface area contributed by atoms with Gasteiger partial charge in [-0.15, -0.1) is 0 Å². The third kappa shape index (κ3) is 4.49. The second kappa shape index (κ2) is 6.42. The number of carbonyl (C=O) groups excluding carboxylic acids is 1. The van der Waals surface area contributed by atoms with Crippen molar-refractivity contribution in [3.05, 3.63) is 28.2 Å². The second-order valence-electron chi connectivity index (χ2n) is 5.00. The Kier molecular flexibility index (Phi) is 5.01. The highest BCUT2D eigenvalue weighted by molar-refractivity contribution is 7.92. The SMILES string of the molecule is CS(=O)(=O)N(CCNC(=O)C1CC1)c1ccc(Cl)cc1Cl. The van der Waals surface area contributed by atoms with Crippen molar-refractivity contribution in [1.29, 1.82) is 0 Å². The van der Waals surface area contributed by atoms with Gasteiger partial charge in [-0.1, -0.05) is 23.2 Å². The number of nitrogens with zero attached hydrogens (tertiary/aromatic N) is 1. The molecule has 1 aromatic carbocycles. The van der Waals surface area contributed by atoms with Crippen molar-refractivity contribution >= 4 is 44.8 Å². The molecule has 0 spiro atoms. The molecule has 0 atom stereocenters. The molecule has 0 radical (unpaired) electrons. The van der Waals surface area contributed by atoms with Crippen molar-refractivity contribution in [2.75, 3.05) is 23.7 Å². The van der Waals surface area contributed by atoms with E-state index in [0.29, 0.717) is 10.7 Å². The highest BCUT2D eigenvalue weighted by Crippen LogP contribution is 2.30. The number of halogens is 2. The van der Waals surface area contributed by atoms with Gasteiger partial charge in [-0.05, 0) is 31.0 Å². The minimum Gasteiger partial charge on any atom is -0.354 e. The Morgan fingerprint density at radius 2 is 2.05 bits per heavy atom. The number of hydrogen-bond acceptors (Lipinski definition) is 3. The van der Waals surface area contributed by atoms with Crippen LogP contribution in [0.1, 0.15) is 12.8 Å². The third-order valence-corrected chi connectivity index (χ3v) is 4.86. The Balaban J connectivity index is 2.09. The van der Waals surface area contributed by atoms with Crippen molar-refractivity contribution in [3.8, 4) is 0 Å². The predicted molar refractivity (Wildman–Crippen MR) is 84.4 cm³/mol. The average molecular weight is 351 g/mol. The van der Waals surface area contributed by atoms with Crippen LogP contribution >= 0.6 is 23.2 Å². The Morgan fingerprint density at radius 3 is 2.57 bits per heavy atom. The smallest absolute Gasteiger partial charge is 0.232 e. The van der Waals surface area contributed by atoms with Gasteiger partial charge in [-0.3, -0.25) is 9.10 Å². The molecule has 1 aliphatic carbocycles. The molecular weight excluding hydrogens is 335 g/mol. The van der Waals surface area contributed by atoms with Crippen molar-refractivity contribution < 1.29 is 13.2 Å². The maximum atomic E-state index is 11.9. The van der Waals surface area contributed by atoms with E-state index >= 15 is 0 Å². The van der Waals surface area contributed by atoms with E-state index in [1.54, 1.807) is 12.1 Å². The summed E-state index contributed by atoms with van der Waals surface area (Å²) in [5.41, 5.74) is 0.351. The van der Waals surface area contributed by atoms with Crippen LogP contribution in [0.25, 0.3) is 0 Å². The fourth-order valence-corrected chi connectivity index (χ4v) is 3.42. The number of anilines is 1. The predicted octanol–water partition coefficient (Wildman–Crippen LogP) is 2.29. The van der Waals surface area contributed by atoms with E-state index in [1.807, 2.05) is 0 Å². The number of rotatable bonds is 6. The van der Waals surface area contributed by atoms with Crippen LogP contribution in [0.2, 0.25) is 10.0 Å². The zero-order chi connectivity index (χ0) is 15.6. The maximum absolute atomic E-state index is 11.9. The van der Waals surface area contributed by atoms with Crippen LogP contribution in [-0.4, -0.2) is 33.7 Å². The van der Waals surface area contributed by atoms with Crippen molar-refractivity contribution in [1.82, 2.24) is 5.32 Å². The largest absolute Gasteiger partial charge is 0.354 e. The number of hydrogen-bond donors (Lipinski definition) is 1. The summed E-state index contributed by atoms with van der Waals surface area (Å²) in [4.78, 5) is 11.6. The third-order valence-electron chi connectivity index (χ3n) is 3.14. The molecule has 1 N–H and O–H groups in total. The molecule has 21 heavy (non-hydrogen) atoms. The zero-order valence-electron chi connectivity index (χ0n) is 11.5. The van der Waals surface area contributed by atoms with Gasteiger partial charge in [0.05, 0.1) is 23.5 Å². The average Bonchev–Trinajstić information content (AvgIpc) is 3.18. The van der Waals surface area contributed by atoms with Crippen LogP contribution in [0.4, 0.5) is 5.69 Å². The monoisotopic (exact) mass is 350 g/mol. The molecule has 0 heterocycles. The molecule has 1 fully saturated rings. The Morgan fingerprint density at radius 1 is 1.38 bits per heavy atom. The van der Waals surface area contributed by atoms with Crippen LogP contribution in [0, 0.1) is 5.92 Å². The fourth-order valence-electron chi connectivity index (χ4n) is 1.92. The molecule has 0 unspecified atom stereocenters. The first kappa shape index (κ1) is 16.4. The van der Waals surface area contributed by atoms with Crippen molar-refractivity contribution in [2.24, 2.45) is 5.92 Å². The van der Waals surface area contributed by atoms with Gasteiger partial charge >= 0.3 is 0 Å². The molecule has 1 aromatic rings. The standard InChI is InChI=1S/C13H16Cl2N2O3S/c1-21(19,20)17(7-6-16-13(18)9-2-3-9)12-5-4-10(14)8-11(12)15/h4-5,8-9H,2-3,6-7H2,1H3,(H,16,18). The summed E-state index contributed by atoms with van der Waals surface area (Å²) in [6, 6.07) is 4.61. The summed E-state index contributed by atoms with van der Waals surface area (Å²) < 4.78 is 25.0. The minimum atomic E-state index is -3.50. The Labute approximate surface area is 134 Å². The molecule has 1 saturated carbocycles. The summed E-state index contributed by atoms with van der Waals surface area (Å²) in [7, 11) is -3.50. The topological polar surface area (TPSA) is 66.5 Å². The van der Waals surface area contributed by atoms with Crippen LogP contribution in [0.3, 0.4) is 0 Å². The molecule has 1 aliphatic rings. The first-order valence-corrected chi connectivity index (χ1v) is 9.10. The molecule has 1 amide bonds. The molecule has 0 aliphatic heterocycles. The summed E-state index contributed by atoms with van der Waals surface area (Å²) in [5.74, 6) is 0.0708. The van der Waals surface area contributed by atoms with Gasteiger partial charge in [0.15, 0.2) is 0 Å². The molecule has 8 heteroatoms. The van der Waals surface area contributed by atoms with Crippen LogP contribution < -0.4 is 9.62 Å². The Hall–Kier alpha value is -0.980. The highest BCUT2D eigenvalue weighted by Gasteiger charge is 2.29. The van der Waals surface area contributed by atoms with Gasteiger partial charge < -0.3 is 5.32 Å². The first-order chi connectivity index (χ1) is 9.79. The lowest BCUT2D eigenvalue weighted by Gasteiger charge is -2.23. The van der Waals surface area contributed by atoms with Gasteiger partial charge in [0.2, 0.25) is 15.9 Å². The molecule has 0 aromatic heterocycles. The Bertz CT molecular complexity index is 645. The van der Waals surface area contributed by atoms with Crippen LogP contribution in [0.15, 0.2) is 18.2 Å². The number of sulfonamides is 1. The number of amides is 1. The molecular formula is C13H16Cl2N2O3S. The van der Waals surface area contributed by atoms with E-state index in [-0.39, 0.29) is 29.9 Å². The van der Waals surface area contributed by atoms with Crippen molar-refractivity contribution in [3.63, 3.8) is 0 Å². The maximum Gasteiger partial charge on any atom is 0.232 e. The highest BCUT2D eigenvalue weighted by atomic mass is 35.5. The van der Waals surface area contributed by atoms with E-state index in [1.165, 1.54) is 10.4 Å². The molecule has 116 valence electrons. The number of carbonyl (C=O) groups is 1. The van der Waals surface area contributed by atoms with Gasteiger partial charge in [0, 0.05) is 17.5 Å². The fraction of sp³-hybridized carbons (Fsp3) is 0.462. The first-order valence-electron chi connectivity index (χ1n) is 6.49. The lowest BCUT2D eigenvalue weighted by Crippen LogP contribution is -2.38. The zero-order valence-corrected chi connectivity index (χ0v) is 13.8. The van der Waals surface area contributed by atoms with Crippen molar-refractivity contribution in [2.45, 2.75) is 12.8 Å². The van der Waals surface area contributed by atoms with E-state index in [0.717, 1.165) is 19.1 Å². The van der Waals surface area contributed by atoms with Crippen LogP contribution in [0.5, 0.6) is 0 Å². The van der Waals surface area contributed by atoms with E-state index in [2.05, 4.69) is 5.32 Å². The quantitative estimate of drug-likeness (QED) is 0.855. The summed E-state index contributed by atoms with van der Waals surface area (Å²) in [6.45, 7) is 0.361. The van der Waals surface area contributed by atoms with Gasteiger partial charge in [-0.2, -0.15) is 0 Å². The lowest BCUT2D eigenvalue weighted by atomic mass is 10.3. The van der Waals surface area contributed by atoms with Gasteiger partial charge in [-0.25, -0.2) is 8.42 Å². The normalized spacial score (nSPS) is 14.8. The number of nitrogens with one attached hydrogen (secondary N) is 1. The van der Waals surface area contributed by atoms with Gasteiger partial charge in [0.25, 0.3) is 0 Å². The second-order valence-corrected chi connectivity index (χ2v) is 7.75. The van der Waals surface area contributed by atoms with Gasteiger partial charge in [0.1, 0.15) is 0 Å². The molecule has 0 bridgehead atoms. The number of benzene rings is 1. The summed E-state index contributed by atoms with van der Waals surface area (Å²) >= 11 is 11.9. The molecule has 5 nitrogen and oxygen atoms in total. The minimum absolute atomic E-state index is 0.0225. The van der Waals surface area contributed by atoms with E-state index in [9.17, 15) is 13.2 Å².